The number of carbonyl (C=O) groups is 2. The first kappa shape index (κ1) is 37.7. The van der Waals surface area contributed by atoms with E-state index < -0.39 is 41.8 Å². The van der Waals surface area contributed by atoms with Crippen LogP contribution in [0.15, 0.2) is 41.3 Å². The number of hydrogen-bond donors (Lipinski definition) is 4. The van der Waals surface area contributed by atoms with E-state index in [1.54, 1.807) is 49.2 Å². The standard InChI is InChI=1S/C41H42ClF3N10O4/c1-53-28-9-5-22(15-24(28)32-34(38(53)58)59-19-41(44,45)35(50-32)20-3-4-20)48-36-25(42)16-46-39(51-36)55-17-40(18-55)13-11-21(12-14-40)47-27-8-7-26(43)30-31(52-54(2)33(27)30)23-6-10-29(56)49-37(23)57/h5,7-9,15-16,20-21,23,35,47,50H,3-4,6,10-14,17-19H2,1-2H3,(H,46,48,51)(H,49,56,57)/t23?,35-/m0/s1. The van der Waals surface area contributed by atoms with Gasteiger partial charge in [-0.1, -0.05) is 11.6 Å². The molecule has 0 bridgehead atoms. The van der Waals surface area contributed by atoms with Crippen LogP contribution in [0.25, 0.3) is 21.8 Å². The van der Waals surface area contributed by atoms with Crippen molar-refractivity contribution in [2.75, 3.05) is 40.5 Å². The van der Waals surface area contributed by atoms with Gasteiger partial charge in [-0.25, -0.2) is 18.2 Å². The van der Waals surface area contributed by atoms with Crippen molar-refractivity contribution >= 4 is 74.0 Å². The average Bonchev–Trinajstić information content (AvgIpc) is 3.99. The lowest BCUT2D eigenvalue weighted by molar-refractivity contribution is -0.134. The molecule has 1 unspecified atom stereocenters. The van der Waals surface area contributed by atoms with E-state index in [-0.39, 0.29) is 47.6 Å². The number of imide groups is 1. The molecule has 14 nitrogen and oxygen atoms in total. The number of ether oxygens (including phenoxy) is 1. The molecule has 5 aliphatic rings. The van der Waals surface area contributed by atoms with Crippen molar-refractivity contribution in [3.63, 3.8) is 0 Å². The van der Waals surface area contributed by atoms with Crippen LogP contribution in [0.2, 0.25) is 5.02 Å². The largest absolute Gasteiger partial charge is 0.480 e. The lowest BCUT2D eigenvalue weighted by Crippen LogP contribution is -2.59. The molecule has 1 spiro atoms. The molecule has 2 aliphatic carbocycles. The molecule has 5 aromatic rings. The predicted molar refractivity (Wildman–Crippen MR) is 216 cm³/mol. The van der Waals surface area contributed by atoms with E-state index in [2.05, 4.69) is 36.2 Å². The second-order valence-corrected chi connectivity index (χ2v) is 17.3. The Bertz CT molecular complexity index is 2630. The Labute approximate surface area is 340 Å². The summed E-state index contributed by atoms with van der Waals surface area (Å²) >= 11 is 6.61. The van der Waals surface area contributed by atoms with Crippen LogP contribution in [-0.4, -0.2) is 73.8 Å². The maximum Gasteiger partial charge on any atom is 0.301 e. The van der Waals surface area contributed by atoms with Crippen LogP contribution in [0.5, 0.6) is 5.75 Å². The number of pyridine rings is 1. The molecule has 4 N–H and O–H groups in total. The molecule has 2 atom stereocenters. The molecule has 3 aliphatic heterocycles. The highest BCUT2D eigenvalue weighted by molar-refractivity contribution is 6.33. The van der Waals surface area contributed by atoms with Crippen LogP contribution in [0.3, 0.4) is 0 Å². The molecule has 59 heavy (non-hydrogen) atoms. The minimum atomic E-state index is -3.14. The fraction of sp³-hybridized carbons (Fsp3) is 0.463. The summed E-state index contributed by atoms with van der Waals surface area (Å²) in [5.41, 5.74) is 2.69. The van der Waals surface area contributed by atoms with E-state index in [4.69, 9.17) is 21.3 Å². The van der Waals surface area contributed by atoms with Crippen molar-refractivity contribution in [1.29, 1.82) is 0 Å². The molecule has 308 valence electrons. The summed E-state index contributed by atoms with van der Waals surface area (Å²) in [5, 5.41) is 18.0. The van der Waals surface area contributed by atoms with E-state index in [9.17, 15) is 14.4 Å². The van der Waals surface area contributed by atoms with Crippen molar-refractivity contribution in [1.82, 2.24) is 29.6 Å². The Kier molecular flexibility index (Phi) is 8.78. The Balaban J connectivity index is 0.823. The summed E-state index contributed by atoms with van der Waals surface area (Å²) in [4.78, 5) is 49.1. The van der Waals surface area contributed by atoms with Crippen molar-refractivity contribution in [3.8, 4) is 5.75 Å². The number of carbonyl (C=O) groups excluding carboxylic acids is 2. The number of aryl methyl sites for hydroxylation is 2. The van der Waals surface area contributed by atoms with Gasteiger partial charge in [-0.2, -0.15) is 10.1 Å². The van der Waals surface area contributed by atoms with Crippen LogP contribution in [0.1, 0.15) is 63.0 Å². The number of nitrogens with one attached hydrogen (secondary N) is 4. The topological polar surface area (TPSA) is 160 Å². The van der Waals surface area contributed by atoms with Gasteiger partial charge in [0, 0.05) is 56.1 Å². The Morgan fingerprint density at radius 3 is 2.54 bits per heavy atom. The maximum absolute atomic E-state index is 15.3. The van der Waals surface area contributed by atoms with Gasteiger partial charge in [-0.05, 0) is 81.2 Å². The van der Waals surface area contributed by atoms with Crippen molar-refractivity contribution in [2.24, 2.45) is 25.4 Å². The van der Waals surface area contributed by atoms with Gasteiger partial charge in [0.25, 0.3) is 5.56 Å². The fourth-order valence-corrected chi connectivity index (χ4v) is 9.70. The zero-order chi connectivity index (χ0) is 41.0. The van der Waals surface area contributed by atoms with E-state index >= 15 is 13.2 Å². The zero-order valence-electron chi connectivity index (χ0n) is 32.4. The van der Waals surface area contributed by atoms with Crippen LogP contribution >= 0.6 is 11.6 Å². The Hall–Kier alpha value is -5.58. The number of amides is 2. The highest BCUT2D eigenvalue weighted by atomic mass is 35.5. The normalized spacial score (nSPS) is 22.6. The summed E-state index contributed by atoms with van der Waals surface area (Å²) in [5.74, 6) is -4.50. The zero-order valence-corrected chi connectivity index (χ0v) is 33.1. The molecule has 3 aromatic heterocycles. The van der Waals surface area contributed by atoms with Gasteiger partial charge in [0.1, 0.15) is 10.8 Å². The summed E-state index contributed by atoms with van der Waals surface area (Å²) in [6.45, 7) is 0.670. The number of hydrogen-bond acceptors (Lipinski definition) is 11. The predicted octanol–water partition coefficient (Wildman–Crippen LogP) is 6.35. The first-order chi connectivity index (χ1) is 28.3. The smallest absolute Gasteiger partial charge is 0.301 e. The van der Waals surface area contributed by atoms with E-state index in [0.717, 1.165) is 44.5 Å². The molecule has 2 saturated heterocycles. The average molecular weight is 831 g/mol. The number of rotatable bonds is 7. The summed E-state index contributed by atoms with van der Waals surface area (Å²) in [6, 6.07) is 7.45. The van der Waals surface area contributed by atoms with Gasteiger partial charge >= 0.3 is 5.92 Å². The minimum absolute atomic E-state index is 0.0919. The van der Waals surface area contributed by atoms with Gasteiger partial charge < -0.3 is 30.2 Å². The van der Waals surface area contributed by atoms with Crippen molar-refractivity contribution in [3.05, 3.63) is 63.4 Å². The molecule has 2 amide bonds. The lowest BCUT2D eigenvalue weighted by atomic mass is 9.67. The molecule has 2 aromatic carbocycles. The number of anilines is 5. The van der Waals surface area contributed by atoms with Crippen molar-refractivity contribution < 1.29 is 27.5 Å². The summed E-state index contributed by atoms with van der Waals surface area (Å²) in [7, 11) is 3.33. The minimum Gasteiger partial charge on any atom is -0.480 e. The third-order valence-corrected chi connectivity index (χ3v) is 13.2. The fourth-order valence-electron chi connectivity index (χ4n) is 9.56. The van der Waals surface area contributed by atoms with Crippen LogP contribution in [0.4, 0.5) is 42.0 Å². The van der Waals surface area contributed by atoms with Crippen LogP contribution in [0, 0.1) is 17.2 Å². The van der Waals surface area contributed by atoms with Gasteiger partial charge in [0.15, 0.2) is 12.4 Å². The van der Waals surface area contributed by atoms with E-state index in [0.29, 0.717) is 62.8 Å². The molecule has 2 saturated carbocycles. The first-order valence-electron chi connectivity index (χ1n) is 20.0. The van der Waals surface area contributed by atoms with Gasteiger partial charge in [-0.15, -0.1) is 0 Å². The molecule has 4 fully saturated rings. The van der Waals surface area contributed by atoms with Crippen LogP contribution < -0.4 is 36.5 Å². The summed E-state index contributed by atoms with van der Waals surface area (Å²) < 4.78 is 54.1. The number of fused-ring (bicyclic) bond motifs is 4. The SMILES string of the molecule is Cn1nc(C2CCC(=O)NC2=O)c2c(F)ccc(NC3CCC4(CC3)CN(c3ncc(Cl)c(Nc5ccc6c(c5)c5c(c(=O)n6C)OCC(F)(F)[C@H](C6CC6)N5)n3)C4)c21. The Morgan fingerprint density at radius 2 is 1.80 bits per heavy atom. The van der Waals surface area contributed by atoms with E-state index in [1.807, 2.05) is 0 Å². The number of aromatic nitrogens is 5. The molecule has 0 radical (unpaired) electrons. The molecule has 10 rings (SSSR count). The molecular weight excluding hydrogens is 789 g/mol. The third kappa shape index (κ3) is 6.48. The van der Waals surface area contributed by atoms with E-state index in [1.165, 1.54) is 10.6 Å². The number of nitrogens with zero attached hydrogens (tertiary/aromatic N) is 6. The third-order valence-electron chi connectivity index (χ3n) is 12.9. The van der Waals surface area contributed by atoms with Crippen LogP contribution in [-0.2, 0) is 23.7 Å². The molecule has 6 heterocycles. The monoisotopic (exact) mass is 830 g/mol. The Morgan fingerprint density at radius 1 is 1.02 bits per heavy atom. The maximum atomic E-state index is 15.3. The molecular formula is C41H42ClF3N10O4. The highest BCUT2D eigenvalue weighted by Gasteiger charge is 2.51. The van der Waals surface area contributed by atoms with Gasteiger partial charge in [-0.3, -0.25) is 24.4 Å². The lowest BCUT2D eigenvalue weighted by Gasteiger charge is -2.53. The molecule has 18 heteroatoms. The first-order valence-corrected chi connectivity index (χ1v) is 20.4. The number of benzene rings is 2. The number of halogens is 4. The second kappa shape index (κ2) is 13.7. The quantitative estimate of drug-likeness (QED) is 0.135. The highest BCUT2D eigenvalue weighted by Crippen LogP contribution is 2.48. The summed E-state index contributed by atoms with van der Waals surface area (Å²) in [6.07, 6.45) is 7.12. The van der Waals surface area contributed by atoms with Gasteiger partial charge in [0.2, 0.25) is 23.5 Å². The van der Waals surface area contributed by atoms with Crippen molar-refractivity contribution in [2.45, 2.75) is 75.3 Å². The van der Waals surface area contributed by atoms with Gasteiger partial charge in [0.05, 0.1) is 51.6 Å². The second-order valence-electron chi connectivity index (χ2n) is 16.9. The number of alkyl halides is 2. The number of piperidine rings is 1.